The summed E-state index contributed by atoms with van der Waals surface area (Å²) in [4.78, 5) is 12.6. The lowest BCUT2D eigenvalue weighted by atomic mass is 10.2. The summed E-state index contributed by atoms with van der Waals surface area (Å²) in [5, 5.41) is 2.80. The maximum Gasteiger partial charge on any atom is 0.255 e. The highest BCUT2D eigenvalue weighted by Gasteiger charge is 2.26. The third-order valence-corrected chi connectivity index (χ3v) is 6.37. The normalized spacial score (nSPS) is 12.0. The highest BCUT2D eigenvalue weighted by molar-refractivity contribution is 9.10. The standard InChI is InChI=1S/C21H27BrN2O3S/c1-15(2)13-24(14-16(3)4)28(26,27)20-11-5-17(6-12-20)21(25)23-19-9-7-18(22)8-10-19/h5-12,15-16H,13-14H2,1-4H3,(H,23,25). The van der Waals surface area contributed by atoms with Gasteiger partial charge in [-0.3, -0.25) is 4.79 Å². The predicted octanol–water partition coefficient (Wildman–Crippen LogP) is 5.00. The van der Waals surface area contributed by atoms with Gasteiger partial charge in [-0.25, -0.2) is 8.42 Å². The van der Waals surface area contributed by atoms with Gasteiger partial charge in [0.2, 0.25) is 10.0 Å². The zero-order chi connectivity index (χ0) is 20.9. The van der Waals surface area contributed by atoms with Gasteiger partial charge in [0.25, 0.3) is 5.91 Å². The maximum atomic E-state index is 13.0. The van der Waals surface area contributed by atoms with Crippen LogP contribution in [0, 0.1) is 11.8 Å². The number of anilines is 1. The van der Waals surface area contributed by atoms with Crippen molar-refractivity contribution in [1.29, 1.82) is 0 Å². The van der Waals surface area contributed by atoms with E-state index >= 15 is 0 Å². The fourth-order valence-electron chi connectivity index (χ4n) is 2.75. The van der Waals surface area contributed by atoms with Gasteiger partial charge in [-0.1, -0.05) is 43.6 Å². The van der Waals surface area contributed by atoms with Gasteiger partial charge in [0.15, 0.2) is 0 Å². The zero-order valence-corrected chi connectivity index (χ0v) is 19.0. The van der Waals surface area contributed by atoms with E-state index in [1.54, 1.807) is 24.3 Å². The molecule has 0 spiro atoms. The van der Waals surface area contributed by atoms with E-state index in [4.69, 9.17) is 0 Å². The van der Waals surface area contributed by atoms with Crippen LogP contribution in [0.2, 0.25) is 0 Å². The summed E-state index contributed by atoms with van der Waals surface area (Å²) in [7, 11) is -3.60. The van der Waals surface area contributed by atoms with Gasteiger partial charge >= 0.3 is 0 Å². The molecule has 0 heterocycles. The number of hydrogen-bond donors (Lipinski definition) is 1. The Morgan fingerprint density at radius 1 is 0.929 bits per heavy atom. The Morgan fingerprint density at radius 2 is 1.43 bits per heavy atom. The monoisotopic (exact) mass is 466 g/mol. The minimum Gasteiger partial charge on any atom is -0.322 e. The van der Waals surface area contributed by atoms with Crippen LogP contribution >= 0.6 is 15.9 Å². The Kier molecular flexibility index (Phi) is 7.80. The van der Waals surface area contributed by atoms with Crippen LogP contribution in [0.3, 0.4) is 0 Å². The van der Waals surface area contributed by atoms with E-state index in [0.29, 0.717) is 24.3 Å². The molecule has 2 aromatic rings. The lowest BCUT2D eigenvalue weighted by Gasteiger charge is -2.25. The molecule has 5 nitrogen and oxygen atoms in total. The molecule has 152 valence electrons. The SMILES string of the molecule is CC(C)CN(CC(C)C)S(=O)(=O)c1ccc(C(=O)Nc2ccc(Br)cc2)cc1. The first kappa shape index (κ1) is 22.6. The van der Waals surface area contributed by atoms with Crippen LogP contribution in [-0.4, -0.2) is 31.7 Å². The Morgan fingerprint density at radius 3 is 1.89 bits per heavy atom. The van der Waals surface area contributed by atoms with Crippen LogP contribution in [0.25, 0.3) is 0 Å². The van der Waals surface area contributed by atoms with Gasteiger partial charge in [0.05, 0.1) is 4.90 Å². The first-order chi connectivity index (χ1) is 13.1. The minimum absolute atomic E-state index is 0.203. The van der Waals surface area contributed by atoms with Gasteiger partial charge in [0, 0.05) is 28.8 Å². The van der Waals surface area contributed by atoms with E-state index in [2.05, 4.69) is 21.2 Å². The summed E-state index contributed by atoms with van der Waals surface area (Å²) in [6, 6.07) is 13.3. The third-order valence-electron chi connectivity index (χ3n) is 3.99. The molecule has 0 radical (unpaired) electrons. The fourth-order valence-corrected chi connectivity index (χ4v) is 4.78. The van der Waals surface area contributed by atoms with Crippen molar-refractivity contribution in [2.24, 2.45) is 11.8 Å². The van der Waals surface area contributed by atoms with Gasteiger partial charge in [0.1, 0.15) is 0 Å². The van der Waals surface area contributed by atoms with Crippen LogP contribution in [-0.2, 0) is 10.0 Å². The molecule has 0 aromatic heterocycles. The molecule has 2 rings (SSSR count). The smallest absolute Gasteiger partial charge is 0.255 e. The largest absolute Gasteiger partial charge is 0.322 e. The number of amides is 1. The molecule has 7 heteroatoms. The Hall–Kier alpha value is -1.70. The average Bonchev–Trinajstić information content (AvgIpc) is 2.62. The van der Waals surface area contributed by atoms with Crippen molar-refractivity contribution >= 4 is 37.5 Å². The number of carbonyl (C=O) groups excluding carboxylic acids is 1. The van der Waals surface area contributed by atoms with Gasteiger partial charge in [-0.15, -0.1) is 0 Å². The fraction of sp³-hybridized carbons (Fsp3) is 0.381. The molecule has 1 N–H and O–H groups in total. The van der Waals surface area contributed by atoms with Crippen molar-refractivity contribution in [2.75, 3.05) is 18.4 Å². The van der Waals surface area contributed by atoms with E-state index in [1.165, 1.54) is 16.4 Å². The molecular weight excluding hydrogens is 440 g/mol. The van der Waals surface area contributed by atoms with E-state index in [9.17, 15) is 13.2 Å². The Balaban J connectivity index is 2.19. The van der Waals surface area contributed by atoms with Crippen LogP contribution in [0.15, 0.2) is 57.9 Å². The van der Waals surface area contributed by atoms with Crippen molar-refractivity contribution in [2.45, 2.75) is 32.6 Å². The van der Waals surface area contributed by atoms with Crippen molar-refractivity contribution in [3.05, 3.63) is 58.6 Å². The molecule has 0 atom stereocenters. The summed E-state index contributed by atoms with van der Waals surface area (Å²) in [5.41, 5.74) is 1.08. The quantitative estimate of drug-likeness (QED) is 0.594. The molecule has 0 bridgehead atoms. The van der Waals surface area contributed by atoms with E-state index in [1.807, 2.05) is 39.8 Å². The topological polar surface area (TPSA) is 66.5 Å². The number of nitrogens with zero attached hydrogens (tertiary/aromatic N) is 1. The van der Waals surface area contributed by atoms with E-state index in [-0.39, 0.29) is 22.6 Å². The summed E-state index contributed by atoms with van der Waals surface area (Å²) in [6.07, 6.45) is 0. The predicted molar refractivity (Wildman–Crippen MR) is 117 cm³/mol. The first-order valence-electron chi connectivity index (χ1n) is 9.26. The lowest BCUT2D eigenvalue weighted by Crippen LogP contribution is -2.37. The molecule has 2 aromatic carbocycles. The molecule has 1 amide bonds. The minimum atomic E-state index is -3.60. The maximum absolute atomic E-state index is 13.0. The summed E-state index contributed by atoms with van der Waals surface area (Å²) < 4.78 is 28.5. The van der Waals surface area contributed by atoms with E-state index < -0.39 is 10.0 Å². The highest BCUT2D eigenvalue weighted by atomic mass is 79.9. The molecule has 0 aliphatic heterocycles. The van der Waals surface area contributed by atoms with Crippen molar-refractivity contribution in [3.63, 3.8) is 0 Å². The number of carbonyl (C=O) groups is 1. The summed E-state index contributed by atoms with van der Waals surface area (Å²) in [5.74, 6) is 0.168. The zero-order valence-electron chi connectivity index (χ0n) is 16.6. The van der Waals surface area contributed by atoms with Gasteiger partial charge in [-0.05, 0) is 60.4 Å². The average molecular weight is 467 g/mol. The van der Waals surface area contributed by atoms with Crippen LogP contribution in [0.5, 0.6) is 0 Å². The molecule has 0 saturated carbocycles. The molecule has 0 fully saturated rings. The Labute approximate surface area is 176 Å². The second kappa shape index (κ2) is 9.67. The van der Waals surface area contributed by atoms with Gasteiger partial charge in [-0.2, -0.15) is 4.31 Å². The molecular formula is C21H27BrN2O3S. The molecule has 28 heavy (non-hydrogen) atoms. The number of rotatable bonds is 8. The molecule has 0 aliphatic carbocycles. The lowest BCUT2D eigenvalue weighted by molar-refractivity contribution is 0.102. The Bertz CT molecular complexity index is 882. The van der Waals surface area contributed by atoms with Crippen LogP contribution in [0.1, 0.15) is 38.1 Å². The van der Waals surface area contributed by atoms with Crippen molar-refractivity contribution in [3.8, 4) is 0 Å². The number of halogens is 1. The van der Waals surface area contributed by atoms with Gasteiger partial charge < -0.3 is 5.32 Å². The number of benzene rings is 2. The first-order valence-corrected chi connectivity index (χ1v) is 11.5. The van der Waals surface area contributed by atoms with Crippen molar-refractivity contribution < 1.29 is 13.2 Å². The highest BCUT2D eigenvalue weighted by Crippen LogP contribution is 2.20. The van der Waals surface area contributed by atoms with E-state index in [0.717, 1.165) is 4.47 Å². The molecule has 0 saturated heterocycles. The summed E-state index contributed by atoms with van der Waals surface area (Å²) in [6.45, 7) is 8.92. The number of nitrogens with one attached hydrogen (secondary N) is 1. The molecule has 0 unspecified atom stereocenters. The van der Waals surface area contributed by atoms with Crippen molar-refractivity contribution in [1.82, 2.24) is 4.31 Å². The van der Waals surface area contributed by atoms with Crippen LogP contribution < -0.4 is 5.32 Å². The second-order valence-corrected chi connectivity index (χ2v) is 10.4. The number of hydrogen-bond acceptors (Lipinski definition) is 3. The molecule has 0 aliphatic rings. The second-order valence-electron chi connectivity index (χ2n) is 7.60. The summed E-state index contributed by atoms with van der Waals surface area (Å²) >= 11 is 3.35. The third kappa shape index (κ3) is 6.15. The van der Waals surface area contributed by atoms with Crippen LogP contribution in [0.4, 0.5) is 5.69 Å². The number of sulfonamides is 1.